The van der Waals surface area contributed by atoms with Crippen LogP contribution in [0, 0.1) is 0 Å². The van der Waals surface area contributed by atoms with E-state index >= 15 is 0 Å². The number of amides is 1. The zero-order valence-electron chi connectivity index (χ0n) is 21.9. The number of aryl methyl sites for hydroxylation is 1. The molecule has 36 heavy (non-hydrogen) atoms. The average Bonchev–Trinajstić information content (AvgIpc) is 3.45. The fourth-order valence-corrected chi connectivity index (χ4v) is 2.96. The molecule has 3 aliphatic heterocycles. The molecule has 1 aromatic rings. The van der Waals surface area contributed by atoms with Crippen molar-refractivity contribution in [2.75, 3.05) is 32.1 Å². The van der Waals surface area contributed by atoms with E-state index in [4.69, 9.17) is 5.73 Å². The van der Waals surface area contributed by atoms with Crippen molar-refractivity contribution in [3.8, 4) is 0 Å². The second kappa shape index (κ2) is 18.1. The predicted octanol–water partition coefficient (Wildman–Crippen LogP) is 3.18. The molecule has 0 aliphatic carbocycles. The first-order valence-corrected chi connectivity index (χ1v) is 11.7. The van der Waals surface area contributed by atoms with Gasteiger partial charge in [-0.2, -0.15) is 5.10 Å². The van der Waals surface area contributed by atoms with Crippen molar-refractivity contribution >= 4 is 23.2 Å². The third-order valence-electron chi connectivity index (χ3n) is 4.35. The lowest BCUT2D eigenvalue weighted by Gasteiger charge is -2.17. The van der Waals surface area contributed by atoms with E-state index in [9.17, 15) is 22.8 Å². The molecule has 0 spiro atoms. The van der Waals surface area contributed by atoms with Gasteiger partial charge in [0.1, 0.15) is 11.6 Å². The first kappa shape index (κ1) is 32.8. The van der Waals surface area contributed by atoms with Crippen molar-refractivity contribution in [1.82, 2.24) is 25.5 Å². The highest BCUT2D eigenvalue weighted by molar-refractivity contribution is 6.05. The zero-order valence-corrected chi connectivity index (χ0v) is 21.9. The third-order valence-corrected chi connectivity index (χ3v) is 4.35. The molecule has 4 rings (SSSR count). The molecule has 1 aromatic heterocycles. The van der Waals surface area contributed by atoms with Crippen LogP contribution < -0.4 is 21.8 Å². The van der Waals surface area contributed by atoms with Gasteiger partial charge >= 0.3 is 0 Å². The number of hydrogen-bond donors (Lipinski definition) is 4. The lowest BCUT2D eigenvalue weighted by atomic mass is 10.2. The number of nitrogens with one attached hydrogen (secondary N) is 3. The summed E-state index contributed by atoms with van der Waals surface area (Å²) in [5, 5.41) is 10.9. The Labute approximate surface area is 210 Å². The van der Waals surface area contributed by atoms with Gasteiger partial charge in [-0.05, 0) is 45.9 Å². The van der Waals surface area contributed by atoms with Gasteiger partial charge in [-0.1, -0.05) is 20.3 Å². The Bertz CT molecular complexity index is 894. The van der Waals surface area contributed by atoms with E-state index in [2.05, 4.69) is 26.2 Å². The number of piperidine rings is 1. The molecule has 0 aromatic carbocycles. The summed E-state index contributed by atoms with van der Waals surface area (Å²) in [6.07, 6.45) is 5.97. The standard InChI is InChI=1S/C12H13F2N7O.C5H11N.C3H6O.C2H6.CH3F/c1-20-5-7(9(19-20)10(13)14)17-12(22)6-4-16-21-3-2-8(15)18-11(6)21;1-2-4-6-5-3-1;1-3(2)4;2*1-2/h2-3,5,10,16H,4H2,1H3,(H2,15,18)(H,17,22);6H,1-5H2;1-2H3;1-2H3;1H3. The van der Waals surface area contributed by atoms with Crippen LogP contribution in [0.25, 0.3) is 0 Å². The van der Waals surface area contributed by atoms with E-state index < -0.39 is 18.0 Å². The number of hydrogen-bond acceptors (Lipinski definition) is 8. The second-order valence-corrected chi connectivity index (χ2v) is 7.43. The third kappa shape index (κ3) is 11.5. The van der Waals surface area contributed by atoms with Crippen molar-refractivity contribution in [2.24, 2.45) is 17.8 Å². The van der Waals surface area contributed by atoms with Crippen LogP contribution in [-0.4, -0.2) is 59.1 Å². The number of carbonyl (C=O) groups is 2. The molecule has 1 saturated heterocycles. The highest BCUT2D eigenvalue weighted by atomic mass is 19.3. The van der Waals surface area contributed by atoms with Crippen LogP contribution in [0.15, 0.2) is 34.9 Å². The van der Waals surface area contributed by atoms with E-state index in [1.54, 1.807) is 17.3 Å². The Morgan fingerprint density at radius 2 is 1.72 bits per heavy atom. The number of alkyl halides is 3. The molecule has 0 atom stereocenters. The number of fused-ring (bicyclic) bond motifs is 1. The molecule has 1 fully saturated rings. The molecule has 204 valence electrons. The highest BCUT2D eigenvalue weighted by Crippen LogP contribution is 2.27. The van der Waals surface area contributed by atoms with E-state index in [0.29, 0.717) is 18.6 Å². The molecule has 0 bridgehead atoms. The minimum absolute atomic E-state index is 0.0302. The summed E-state index contributed by atoms with van der Waals surface area (Å²) < 4.78 is 36.5. The highest BCUT2D eigenvalue weighted by Gasteiger charge is 2.29. The topological polar surface area (TPSA) is 130 Å². The molecule has 4 heterocycles. The predicted molar refractivity (Wildman–Crippen MR) is 136 cm³/mol. The summed E-state index contributed by atoms with van der Waals surface area (Å²) in [5.74, 6) is 0.238. The number of anilines is 1. The normalized spacial score (nSPS) is 15.5. The molecule has 5 N–H and O–H groups in total. The van der Waals surface area contributed by atoms with Crippen molar-refractivity contribution in [3.05, 3.63) is 35.6 Å². The number of amidine groups is 1. The number of aromatic nitrogens is 2. The Balaban J connectivity index is 0.000000723. The first-order chi connectivity index (χ1) is 17.2. The fourth-order valence-electron chi connectivity index (χ4n) is 2.96. The molecule has 10 nitrogen and oxygen atoms in total. The summed E-state index contributed by atoms with van der Waals surface area (Å²) in [4.78, 5) is 25.8. The summed E-state index contributed by atoms with van der Waals surface area (Å²) in [5.41, 5.74) is 8.32. The number of halogens is 3. The molecular formula is C23H39F3N8O2. The van der Waals surface area contributed by atoms with E-state index in [1.165, 1.54) is 64.1 Å². The Kier molecular flexibility index (Phi) is 16.5. The monoisotopic (exact) mass is 516 g/mol. The van der Waals surface area contributed by atoms with Gasteiger partial charge in [-0.15, -0.1) is 0 Å². The maximum atomic E-state index is 12.9. The van der Waals surface area contributed by atoms with Crippen LogP contribution in [0.1, 0.15) is 59.1 Å². The van der Waals surface area contributed by atoms with Crippen LogP contribution in [0.2, 0.25) is 0 Å². The summed E-state index contributed by atoms with van der Waals surface area (Å²) >= 11 is 0. The number of hydrazine groups is 1. The number of ketones is 1. The molecule has 0 radical (unpaired) electrons. The van der Waals surface area contributed by atoms with Crippen molar-refractivity contribution in [1.29, 1.82) is 0 Å². The van der Waals surface area contributed by atoms with Gasteiger partial charge in [0.05, 0.1) is 18.4 Å². The second-order valence-electron chi connectivity index (χ2n) is 7.43. The smallest absolute Gasteiger partial charge is 0.284 e. The van der Waals surface area contributed by atoms with Gasteiger partial charge in [0.2, 0.25) is 0 Å². The summed E-state index contributed by atoms with van der Waals surface area (Å²) in [6.45, 7) is 9.77. The number of rotatable bonds is 3. The maximum absolute atomic E-state index is 12.9. The number of nitrogens with two attached hydrogens (primary N) is 1. The largest absolute Gasteiger partial charge is 0.384 e. The zero-order chi connectivity index (χ0) is 27.7. The van der Waals surface area contributed by atoms with Crippen molar-refractivity contribution in [2.45, 2.75) is 53.4 Å². The van der Waals surface area contributed by atoms with Crippen LogP contribution in [0.4, 0.5) is 18.9 Å². The molecular weight excluding hydrogens is 477 g/mol. The maximum Gasteiger partial charge on any atom is 0.284 e. The van der Waals surface area contributed by atoms with Gasteiger partial charge in [-0.3, -0.25) is 18.9 Å². The lowest BCUT2D eigenvalue weighted by Crippen LogP contribution is -2.29. The molecule has 13 heteroatoms. The fraction of sp³-hybridized carbons (Fsp3) is 0.565. The average molecular weight is 517 g/mol. The van der Waals surface area contributed by atoms with Gasteiger partial charge in [-0.25, -0.2) is 19.2 Å². The first-order valence-electron chi connectivity index (χ1n) is 11.7. The van der Waals surface area contributed by atoms with Crippen LogP contribution >= 0.6 is 0 Å². The van der Waals surface area contributed by atoms with Gasteiger partial charge < -0.3 is 21.2 Å². The van der Waals surface area contributed by atoms with Crippen LogP contribution in [0.3, 0.4) is 0 Å². The SMILES string of the molecule is C1CCNCC1.CC.CC(C)=O.CF.Cn1cc(NC(=O)C2=C3N=C(N)C=CN3NC2)c(C(F)F)n1. The molecule has 3 aliphatic rings. The molecule has 1 amide bonds. The van der Waals surface area contributed by atoms with Gasteiger partial charge in [0, 0.05) is 26.0 Å². The van der Waals surface area contributed by atoms with Crippen molar-refractivity contribution in [3.63, 3.8) is 0 Å². The van der Waals surface area contributed by atoms with E-state index in [1.807, 2.05) is 13.8 Å². The minimum atomic E-state index is -2.78. The van der Waals surface area contributed by atoms with E-state index in [0.717, 1.165) is 0 Å². The van der Waals surface area contributed by atoms with Gasteiger partial charge in [0.25, 0.3) is 12.3 Å². The van der Waals surface area contributed by atoms with Gasteiger partial charge in [0.15, 0.2) is 11.5 Å². The number of carbonyl (C=O) groups excluding carboxylic acids is 2. The summed E-state index contributed by atoms with van der Waals surface area (Å²) in [6, 6.07) is 0. The van der Waals surface area contributed by atoms with Crippen molar-refractivity contribution < 1.29 is 22.8 Å². The number of Topliss-reactive ketones (excluding diaryl/α,β-unsaturated/α-hetero) is 1. The number of aliphatic imine (C=N–C) groups is 1. The Morgan fingerprint density at radius 1 is 1.14 bits per heavy atom. The Morgan fingerprint density at radius 3 is 2.19 bits per heavy atom. The summed E-state index contributed by atoms with van der Waals surface area (Å²) in [7, 11) is 2.00. The molecule has 0 saturated carbocycles. The lowest BCUT2D eigenvalue weighted by molar-refractivity contribution is -0.115. The molecule has 0 unspecified atom stereocenters. The van der Waals surface area contributed by atoms with Crippen LogP contribution in [0.5, 0.6) is 0 Å². The van der Waals surface area contributed by atoms with E-state index in [-0.39, 0.29) is 23.9 Å². The van der Waals surface area contributed by atoms with Crippen LogP contribution in [-0.2, 0) is 16.6 Å². The minimum Gasteiger partial charge on any atom is -0.384 e. The Hall–Kier alpha value is -3.19. The quantitative estimate of drug-likeness (QED) is 0.486. The number of nitrogens with zero attached hydrogens (tertiary/aromatic N) is 4.